The van der Waals surface area contributed by atoms with Gasteiger partial charge < -0.3 is 4.74 Å². The van der Waals surface area contributed by atoms with Crippen LogP contribution >= 0.6 is 12.6 Å². The van der Waals surface area contributed by atoms with Crippen molar-refractivity contribution in [3.8, 4) is 0 Å². The monoisotopic (exact) mass is 218 g/mol. The first-order valence-electron chi connectivity index (χ1n) is 5.78. The second-order valence-electron chi connectivity index (χ2n) is 4.60. The van der Waals surface area contributed by atoms with Gasteiger partial charge in [0.15, 0.2) is 0 Å². The van der Waals surface area contributed by atoms with Gasteiger partial charge in [0.25, 0.3) is 0 Å². The summed E-state index contributed by atoms with van der Waals surface area (Å²) in [5.41, 5.74) is 0.306. The van der Waals surface area contributed by atoms with Gasteiger partial charge in [-0.15, -0.1) is 0 Å². The van der Waals surface area contributed by atoms with E-state index < -0.39 is 0 Å². The summed E-state index contributed by atoms with van der Waals surface area (Å²) in [5, 5.41) is 0. The second kappa shape index (κ2) is 7.58. The largest absolute Gasteiger partial charge is 0.381 e. The van der Waals surface area contributed by atoms with Crippen LogP contribution in [0, 0.1) is 11.3 Å². The summed E-state index contributed by atoms with van der Waals surface area (Å²) >= 11 is 4.42. The molecule has 0 rings (SSSR count). The molecule has 0 aromatic heterocycles. The summed E-state index contributed by atoms with van der Waals surface area (Å²) in [5.74, 6) is 1.67. The van der Waals surface area contributed by atoms with E-state index in [2.05, 4.69) is 40.3 Å². The summed E-state index contributed by atoms with van der Waals surface area (Å²) < 4.78 is 5.73. The molecule has 14 heavy (non-hydrogen) atoms. The van der Waals surface area contributed by atoms with E-state index in [-0.39, 0.29) is 0 Å². The van der Waals surface area contributed by atoms with Crippen molar-refractivity contribution in [1.29, 1.82) is 0 Å². The molecule has 0 aromatic rings. The van der Waals surface area contributed by atoms with E-state index in [4.69, 9.17) is 4.74 Å². The smallest absolute Gasteiger partial charge is 0.0530 e. The van der Waals surface area contributed by atoms with E-state index in [1.54, 1.807) is 0 Å². The number of hydrogen-bond donors (Lipinski definition) is 1. The zero-order chi connectivity index (χ0) is 11.0. The first-order valence-corrected chi connectivity index (χ1v) is 6.42. The van der Waals surface area contributed by atoms with Crippen LogP contribution in [-0.2, 0) is 4.74 Å². The molecule has 1 nitrogen and oxygen atoms in total. The highest BCUT2D eigenvalue weighted by atomic mass is 32.1. The van der Waals surface area contributed by atoms with Crippen molar-refractivity contribution in [1.82, 2.24) is 0 Å². The van der Waals surface area contributed by atoms with Crippen molar-refractivity contribution in [3.63, 3.8) is 0 Å². The Bertz CT molecular complexity index is 122. The van der Waals surface area contributed by atoms with Crippen LogP contribution in [0.4, 0.5) is 0 Å². The highest BCUT2D eigenvalue weighted by Crippen LogP contribution is 2.28. The van der Waals surface area contributed by atoms with Crippen LogP contribution in [0.15, 0.2) is 0 Å². The molecule has 0 saturated heterocycles. The maximum atomic E-state index is 5.73. The Morgan fingerprint density at radius 1 is 1.21 bits per heavy atom. The predicted octanol–water partition coefficient (Wildman–Crippen LogP) is 3.79. The average Bonchev–Trinajstić information content (AvgIpc) is 2.19. The number of hydrogen-bond acceptors (Lipinski definition) is 2. The van der Waals surface area contributed by atoms with Crippen LogP contribution < -0.4 is 0 Å². The lowest BCUT2D eigenvalue weighted by atomic mass is 9.85. The van der Waals surface area contributed by atoms with E-state index in [9.17, 15) is 0 Å². The first-order chi connectivity index (χ1) is 6.60. The summed E-state index contributed by atoms with van der Waals surface area (Å²) in [6, 6.07) is 0. The van der Waals surface area contributed by atoms with Crippen molar-refractivity contribution in [3.05, 3.63) is 0 Å². The zero-order valence-corrected chi connectivity index (χ0v) is 11.1. The Kier molecular flexibility index (Phi) is 7.75. The Hall–Kier alpha value is 0.310. The van der Waals surface area contributed by atoms with E-state index in [1.807, 2.05) is 0 Å². The van der Waals surface area contributed by atoms with E-state index in [1.165, 1.54) is 0 Å². The molecular formula is C12H26OS. The molecule has 0 saturated carbocycles. The molecule has 0 aromatic carbocycles. The summed E-state index contributed by atoms with van der Waals surface area (Å²) in [6.45, 7) is 10.7. The highest BCUT2D eigenvalue weighted by Gasteiger charge is 2.24. The van der Waals surface area contributed by atoms with E-state index in [0.29, 0.717) is 5.41 Å². The van der Waals surface area contributed by atoms with Crippen molar-refractivity contribution < 1.29 is 4.74 Å². The minimum atomic E-state index is 0.306. The molecule has 0 aliphatic heterocycles. The van der Waals surface area contributed by atoms with Gasteiger partial charge in [0.05, 0.1) is 6.61 Å². The standard InChI is InChI=1S/C12H26OS/c1-5-12(6-2,10-14)9-13-8-7-11(3)4/h11,14H,5-10H2,1-4H3. The molecule has 2 heteroatoms. The number of ether oxygens (including phenoxy) is 1. The lowest BCUT2D eigenvalue weighted by molar-refractivity contribution is 0.0457. The fourth-order valence-electron chi connectivity index (χ4n) is 1.33. The Morgan fingerprint density at radius 2 is 1.79 bits per heavy atom. The van der Waals surface area contributed by atoms with Gasteiger partial charge in [-0.1, -0.05) is 27.7 Å². The SMILES string of the molecule is CCC(CC)(CS)COCCC(C)C. The maximum Gasteiger partial charge on any atom is 0.0530 e. The van der Waals surface area contributed by atoms with Crippen LogP contribution in [0.1, 0.15) is 47.0 Å². The van der Waals surface area contributed by atoms with Crippen LogP contribution in [0.5, 0.6) is 0 Å². The number of rotatable bonds is 8. The molecule has 0 spiro atoms. The minimum absolute atomic E-state index is 0.306. The number of thiol groups is 1. The summed E-state index contributed by atoms with van der Waals surface area (Å²) in [6.07, 6.45) is 3.49. The molecule has 0 heterocycles. The van der Waals surface area contributed by atoms with Crippen molar-refractivity contribution in [2.45, 2.75) is 47.0 Å². The quantitative estimate of drug-likeness (QED) is 0.482. The third kappa shape index (κ3) is 5.26. The van der Waals surface area contributed by atoms with E-state index in [0.717, 1.165) is 44.1 Å². The third-order valence-corrected chi connectivity index (χ3v) is 3.75. The van der Waals surface area contributed by atoms with Gasteiger partial charge in [0.1, 0.15) is 0 Å². The molecule has 86 valence electrons. The first kappa shape index (κ1) is 14.3. The molecule has 0 radical (unpaired) electrons. The van der Waals surface area contributed by atoms with Crippen LogP contribution in [0.25, 0.3) is 0 Å². The molecule has 0 aliphatic carbocycles. The Balaban J connectivity index is 3.71. The average molecular weight is 218 g/mol. The fraction of sp³-hybridized carbons (Fsp3) is 1.00. The van der Waals surface area contributed by atoms with Gasteiger partial charge in [-0.3, -0.25) is 0 Å². The van der Waals surface area contributed by atoms with Gasteiger partial charge >= 0.3 is 0 Å². The van der Waals surface area contributed by atoms with Crippen LogP contribution in [-0.4, -0.2) is 19.0 Å². The summed E-state index contributed by atoms with van der Waals surface area (Å²) in [7, 11) is 0. The topological polar surface area (TPSA) is 9.23 Å². The summed E-state index contributed by atoms with van der Waals surface area (Å²) in [4.78, 5) is 0. The van der Waals surface area contributed by atoms with Gasteiger partial charge in [-0.2, -0.15) is 12.6 Å². The molecule has 0 N–H and O–H groups in total. The van der Waals surface area contributed by atoms with Gasteiger partial charge in [-0.25, -0.2) is 0 Å². The second-order valence-corrected chi connectivity index (χ2v) is 4.92. The molecule has 0 aliphatic rings. The lowest BCUT2D eigenvalue weighted by Crippen LogP contribution is -2.28. The van der Waals surface area contributed by atoms with Crippen molar-refractivity contribution in [2.75, 3.05) is 19.0 Å². The van der Waals surface area contributed by atoms with Crippen LogP contribution in [0.3, 0.4) is 0 Å². The highest BCUT2D eigenvalue weighted by molar-refractivity contribution is 7.80. The lowest BCUT2D eigenvalue weighted by Gasteiger charge is -2.29. The minimum Gasteiger partial charge on any atom is -0.381 e. The van der Waals surface area contributed by atoms with Gasteiger partial charge in [0.2, 0.25) is 0 Å². The molecule has 0 bridgehead atoms. The Labute approximate surface area is 95.0 Å². The van der Waals surface area contributed by atoms with Gasteiger partial charge in [-0.05, 0) is 30.9 Å². The maximum absolute atomic E-state index is 5.73. The molecular weight excluding hydrogens is 192 g/mol. The van der Waals surface area contributed by atoms with Crippen molar-refractivity contribution >= 4 is 12.6 Å². The fourth-order valence-corrected chi connectivity index (χ4v) is 1.87. The molecule has 0 unspecified atom stereocenters. The zero-order valence-electron chi connectivity index (χ0n) is 10.2. The third-order valence-electron chi connectivity index (χ3n) is 3.08. The predicted molar refractivity (Wildman–Crippen MR) is 67.1 cm³/mol. The van der Waals surface area contributed by atoms with Crippen molar-refractivity contribution in [2.24, 2.45) is 11.3 Å². The van der Waals surface area contributed by atoms with Crippen LogP contribution in [0.2, 0.25) is 0 Å². The van der Waals surface area contributed by atoms with E-state index >= 15 is 0 Å². The molecule has 0 amide bonds. The Morgan fingerprint density at radius 3 is 2.14 bits per heavy atom. The van der Waals surface area contributed by atoms with Gasteiger partial charge in [0, 0.05) is 12.0 Å². The normalized spacial score (nSPS) is 12.4. The molecule has 0 atom stereocenters. The molecule has 0 fully saturated rings.